The van der Waals surface area contributed by atoms with Crippen molar-refractivity contribution in [3.05, 3.63) is 51.7 Å². The van der Waals surface area contributed by atoms with Crippen LogP contribution in [0.5, 0.6) is 34.5 Å². The van der Waals surface area contributed by atoms with Crippen molar-refractivity contribution < 1.29 is 42.8 Å². The van der Waals surface area contributed by atoms with Gasteiger partial charge in [-0.2, -0.15) is 36.3 Å². The van der Waals surface area contributed by atoms with Gasteiger partial charge < -0.3 is 42.8 Å². The molecule has 180 valence electrons. The Hall–Kier alpha value is -7.75. The van der Waals surface area contributed by atoms with Gasteiger partial charge in [-0.3, -0.25) is 10.6 Å². The van der Waals surface area contributed by atoms with E-state index < -0.39 is 0 Å². The van der Waals surface area contributed by atoms with Crippen molar-refractivity contribution in [2.75, 3.05) is 10.6 Å². The summed E-state index contributed by atoms with van der Waals surface area (Å²) in [4.78, 5) is 12.5. The van der Waals surface area contributed by atoms with E-state index in [2.05, 4.69) is 46.9 Å². The van der Waals surface area contributed by atoms with Crippen molar-refractivity contribution >= 4 is 23.7 Å². The molecule has 14 nitrogen and oxygen atoms in total. The average molecular weight is 1260 g/mol. The number of anilines is 4. The predicted molar refractivity (Wildman–Crippen MR) is 108 cm³/mol. The first kappa shape index (κ1) is 26.3. The molecule has 17 heteroatoms. The molecule has 0 atom stereocenters. The molecule has 0 spiro atoms. The molecule has 0 saturated carbocycles. The fourth-order valence-corrected chi connectivity index (χ4v) is 2.61. The van der Waals surface area contributed by atoms with Crippen LogP contribution in [-0.2, 0) is 6.42 Å². The van der Waals surface area contributed by atoms with Crippen molar-refractivity contribution in [3.8, 4) is 34.5 Å². The maximum Gasteiger partial charge on any atom is 0.246 e. The third kappa shape index (κ3) is 4.46. The van der Waals surface area contributed by atoms with Crippen LogP contribution in [0.1, 0.15) is 11.6 Å². The first-order valence-corrected chi connectivity index (χ1v) is 8.88. The van der Waals surface area contributed by atoms with Crippen molar-refractivity contribution in [1.82, 2.24) is 15.0 Å². The van der Waals surface area contributed by atoms with Gasteiger partial charge in [0.1, 0.15) is 24.6 Å². The smallest absolute Gasteiger partial charge is 0.246 e. The molecule has 0 aliphatic rings. The van der Waals surface area contributed by atoms with E-state index in [9.17, 15) is 15.3 Å². The van der Waals surface area contributed by atoms with Crippen LogP contribution in [0.15, 0.2) is 32.0 Å². The Morgan fingerprint density at radius 1 is 0.667 bits per heavy atom. The molecule has 4 aromatic rings. The van der Waals surface area contributed by atoms with E-state index in [-0.39, 0.29) is 76.2 Å². The van der Waals surface area contributed by atoms with Gasteiger partial charge in [0.15, 0.2) is 28.8 Å². The Kier molecular flexibility index (Phi) is 7.33. The van der Waals surface area contributed by atoms with Crippen molar-refractivity contribution in [2.45, 2.75) is 6.42 Å². The number of ether oxygens (including phenoxy) is 3. The molecule has 4 aromatic heterocycles. The molecule has 0 unspecified atom stereocenters. The number of hydrogen-bond acceptors (Lipinski definition) is 14. The van der Waals surface area contributed by atoms with Gasteiger partial charge in [0.25, 0.3) is 0 Å². The van der Waals surface area contributed by atoms with E-state index in [1.54, 1.807) is 0 Å². The van der Waals surface area contributed by atoms with Crippen LogP contribution in [0.25, 0.3) is 0 Å². The molecular weight excluding hydrogens is 1240 g/mol. The number of nitrogens with one attached hydrogen (secondary N) is 2. The molecule has 0 aromatic carbocycles. The van der Waals surface area contributed by atoms with E-state index in [4.69, 9.17) is 27.5 Å². The fourth-order valence-electron chi connectivity index (χ4n) is 2.61. The minimum atomic E-state index is -0.372. The summed E-state index contributed by atoms with van der Waals surface area (Å²) in [5.74, 6) is -1.34. The van der Waals surface area contributed by atoms with Crippen molar-refractivity contribution in [1.29, 1.82) is 0 Å². The SMILES string of the molecule is [CH2-]Oc1coc(Cc2nc(Nc3occ(O[CH2-])c3O)nc(Nc3occ(O[CH2-])c3O)n2)c1O.[Rf].[Rf].[Rf]. The van der Waals surface area contributed by atoms with E-state index in [1.807, 2.05) is 0 Å². The number of rotatable bonds is 9. The van der Waals surface area contributed by atoms with Crippen LogP contribution in [0, 0.1) is 21.3 Å². The summed E-state index contributed by atoms with van der Waals surface area (Å²) in [5.41, 5.74) is 0. The first-order chi connectivity index (χ1) is 15.9. The van der Waals surface area contributed by atoms with Gasteiger partial charge in [-0.15, -0.1) is 0 Å². The Bertz CT molecular complexity index is 1110. The monoisotopic (exact) mass is 1260 g/mol. The summed E-state index contributed by atoms with van der Waals surface area (Å²) in [5, 5.41) is 35.6. The molecule has 4 rings (SSSR count). The standard InChI is InChI=1S/C19H16N5O9.3Rf/c1-28-9-5-31-8(13(9)25)4-12-20-18(22-16-14(26)10(29-2)6-32-16)24-19(21-12)23-17-15(27)11(30-3)7-33-17;;;/h5-7,25-27H,1-4H2,(H2,20,21,22,23,24);;;/q-3;;;. The fraction of sp³-hybridized carbons (Fsp3) is 0.0526. The average Bonchev–Trinajstić information content (AvgIpc) is 3.46. The molecule has 0 fully saturated rings. The van der Waals surface area contributed by atoms with Gasteiger partial charge in [-0.25, -0.2) is 0 Å². The third-order valence-corrected chi connectivity index (χ3v) is 4.19. The van der Waals surface area contributed by atoms with Gasteiger partial charge in [-0.05, 0) is 0 Å². The molecule has 0 aliphatic heterocycles. The molecule has 5 N–H and O–H groups in total. The quantitative estimate of drug-likeness (QED) is 0.154. The minimum Gasteiger partial charge on any atom is -0.661 e. The first-order valence-electron chi connectivity index (χ1n) is 8.88. The Morgan fingerprint density at radius 3 is 1.47 bits per heavy atom. The van der Waals surface area contributed by atoms with Crippen LogP contribution < -0.4 is 24.8 Å². The zero-order valence-corrected chi connectivity index (χ0v) is 38.0. The Balaban J connectivity index is 0.00000216. The molecule has 36 heavy (non-hydrogen) atoms. The second-order valence-electron chi connectivity index (χ2n) is 6.19. The van der Waals surface area contributed by atoms with Crippen molar-refractivity contribution in [2.24, 2.45) is 0 Å². The van der Waals surface area contributed by atoms with Crippen LogP contribution >= 0.6 is 0 Å². The van der Waals surface area contributed by atoms with Crippen LogP contribution in [0.2, 0.25) is 0 Å². The number of furan rings is 3. The Labute approximate surface area is 185 Å². The molecule has 0 amide bonds. The normalized spacial score (nSPS) is 9.86. The van der Waals surface area contributed by atoms with E-state index in [0.717, 1.165) is 12.5 Å². The number of nitrogens with zero attached hydrogens (tertiary/aromatic N) is 3. The molecule has 0 saturated heterocycles. The zero-order chi connectivity index (χ0) is 23.5. The van der Waals surface area contributed by atoms with Gasteiger partial charge >= 0.3 is 0 Å². The number of hydrogen-bond donors (Lipinski definition) is 5. The van der Waals surface area contributed by atoms with Gasteiger partial charge in [-0.1, -0.05) is 0 Å². The molecule has 0 bridgehead atoms. The molecular formula is C19H16N5O9Rf3-3. The molecule has 0 radical (unpaired) electrons. The number of aromatic nitrogens is 3. The van der Waals surface area contributed by atoms with E-state index in [0.29, 0.717) is 0 Å². The summed E-state index contributed by atoms with van der Waals surface area (Å²) in [6, 6.07) is 0. The topological polar surface area (TPSA) is 191 Å². The maximum atomic E-state index is 10.1. The third-order valence-electron chi connectivity index (χ3n) is 4.19. The van der Waals surface area contributed by atoms with E-state index >= 15 is 0 Å². The summed E-state index contributed by atoms with van der Waals surface area (Å²) in [7, 11) is 9.61. The maximum absolute atomic E-state index is 10.1. The molecule has 0 aliphatic carbocycles. The van der Waals surface area contributed by atoms with E-state index in [1.165, 1.54) is 6.26 Å². The van der Waals surface area contributed by atoms with Crippen LogP contribution in [0.4, 0.5) is 23.7 Å². The number of aromatic hydroxyl groups is 3. The predicted octanol–water partition coefficient (Wildman–Crippen LogP) is 3.36. The largest absolute Gasteiger partial charge is 0.661 e. The second kappa shape index (κ2) is 10.0. The van der Waals surface area contributed by atoms with Gasteiger partial charge in [0.2, 0.25) is 35.2 Å². The molecule has 4 heterocycles. The zero-order valence-electron chi connectivity index (χ0n) is 18.8. The summed E-state index contributed by atoms with van der Waals surface area (Å²) in [6.07, 6.45) is 3.30. The second-order valence-corrected chi connectivity index (χ2v) is 6.19. The van der Waals surface area contributed by atoms with Crippen molar-refractivity contribution in [3.63, 3.8) is 0 Å². The van der Waals surface area contributed by atoms with Crippen LogP contribution in [-0.4, -0.2) is 30.3 Å². The van der Waals surface area contributed by atoms with Crippen LogP contribution in [0.3, 0.4) is 0 Å². The summed E-state index contributed by atoms with van der Waals surface area (Å²) in [6.45, 7) is 0. The summed E-state index contributed by atoms with van der Waals surface area (Å²) >= 11 is 0. The Morgan fingerprint density at radius 2 is 1.08 bits per heavy atom. The van der Waals surface area contributed by atoms with Gasteiger partial charge in [0, 0.05) is 0 Å². The minimum absolute atomic E-state index is 0. The van der Waals surface area contributed by atoms with Gasteiger partial charge in [0.05, 0.1) is 6.42 Å². The summed E-state index contributed by atoms with van der Waals surface area (Å²) < 4.78 is 29.7.